The molecule has 0 bridgehead atoms. The van der Waals surface area contributed by atoms with Crippen LogP contribution in [-0.2, 0) is 0 Å². The molecule has 1 heterocycles. The lowest BCUT2D eigenvalue weighted by Gasteiger charge is -2.16. The largest absolute Gasteiger partial charge is 0.376 e. The van der Waals surface area contributed by atoms with Crippen LogP contribution in [0.2, 0.25) is 5.02 Å². The Morgan fingerprint density at radius 3 is 2.94 bits per heavy atom. The molecule has 5 heteroatoms. The third kappa shape index (κ3) is 2.17. The van der Waals surface area contributed by atoms with E-state index < -0.39 is 0 Å². The average molecular weight is 240 g/mol. The van der Waals surface area contributed by atoms with Gasteiger partial charge in [-0.1, -0.05) is 17.7 Å². The van der Waals surface area contributed by atoms with Crippen molar-refractivity contribution >= 4 is 17.3 Å². The van der Waals surface area contributed by atoms with Gasteiger partial charge in [-0.15, -0.1) is 0 Å². The van der Waals surface area contributed by atoms with E-state index in [2.05, 4.69) is 15.5 Å². The number of nitrogens with one attached hydrogen (secondary N) is 2. The molecule has 2 rings (SSSR count). The van der Waals surface area contributed by atoms with Gasteiger partial charge in [0.25, 0.3) is 0 Å². The van der Waals surface area contributed by atoms with Gasteiger partial charge >= 0.3 is 0 Å². The number of aromatic amines is 1. The first-order valence-corrected chi connectivity index (χ1v) is 5.25. The van der Waals surface area contributed by atoms with Crippen LogP contribution in [-0.4, -0.2) is 10.2 Å². The van der Waals surface area contributed by atoms with Crippen LogP contribution >= 0.6 is 11.6 Å². The summed E-state index contributed by atoms with van der Waals surface area (Å²) in [4.78, 5) is 0. The number of aromatic nitrogens is 2. The first-order valence-electron chi connectivity index (χ1n) is 4.87. The van der Waals surface area contributed by atoms with Crippen molar-refractivity contribution in [2.75, 3.05) is 5.32 Å². The SMILES string of the molecule is C[C@H](Nc1cn[nH]c1)c1c(F)cccc1Cl. The predicted molar refractivity (Wildman–Crippen MR) is 62.0 cm³/mol. The highest BCUT2D eigenvalue weighted by atomic mass is 35.5. The summed E-state index contributed by atoms with van der Waals surface area (Å²) < 4.78 is 13.6. The zero-order valence-corrected chi connectivity index (χ0v) is 9.42. The number of anilines is 1. The smallest absolute Gasteiger partial charge is 0.129 e. The van der Waals surface area contributed by atoms with Crippen molar-refractivity contribution in [3.05, 3.63) is 47.0 Å². The Balaban J connectivity index is 2.24. The minimum Gasteiger partial charge on any atom is -0.376 e. The van der Waals surface area contributed by atoms with E-state index in [4.69, 9.17) is 11.6 Å². The van der Waals surface area contributed by atoms with Crippen molar-refractivity contribution in [3.63, 3.8) is 0 Å². The molecule has 2 N–H and O–H groups in total. The van der Waals surface area contributed by atoms with Gasteiger partial charge in [0.05, 0.1) is 17.9 Å². The normalized spacial score (nSPS) is 12.4. The van der Waals surface area contributed by atoms with Crippen LogP contribution in [0.1, 0.15) is 18.5 Å². The average Bonchev–Trinajstić information content (AvgIpc) is 2.70. The Kier molecular flexibility index (Phi) is 3.10. The fourth-order valence-corrected chi connectivity index (χ4v) is 1.90. The fourth-order valence-electron chi connectivity index (χ4n) is 1.58. The monoisotopic (exact) mass is 239 g/mol. The van der Waals surface area contributed by atoms with E-state index in [1.807, 2.05) is 6.92 Å². The van der Waals surface area contributed by atoms with Gasteiger partial charge in [0.2, 0.25) is 0 Å². The van der Waals surface area contributed by atoms with Crippen LogP contribution in [0.25, 0.3) is 0 Å². The van der Waals surface area contributed by atoms with E-state index in [0.717, 1.165) is 5.69 Å². The van der Waals surface area contributed by atoms with Crippen molar-refractivity contribution in [1.82, 2.24) is 10.2 Å². The van der Waals surface area contributed by atoms with E-state index in [1.165, 1.54) is 6.07 Å². The van der Waals surface area contributed by atoms with Crippen LogP contribution in [0.5, 0.6) is 0 Å². The van der Waals surface area contributed by atoms with Crippen LogP contribution in [0.3, 0.4) is 0 Å². The van der Waals surface area contributed by atoms with E-state index in [9.17, 15) is 4.39 Å². The van der Waals surface area contributed by atoms with Crippen LogP contribution in [0.15, 0.2) is 30.6 Å². The number of hydrogen-bond acceptors (Lipinski definition) is 2. The molecule has 3 nitrogen and oxygen atoms in total. The highest BCUT2D eigenvalue weighted by Crippen LogP contribution is 2.27. The van der Waals surface area contributed by atoms with Gasteiger partial charge in [0, 0.05) is 16.8 Å². The summed E-state index contributed by atoms with van der Waals surface area (Å²) in [6, 6.07) is 4.44. The summed E-state index contributed by atoms with van der Waals surface area (Å²) in [5, 5.41) is 10.00. The highest BCUT2D eigenvalue weighted by molar-refractivity contribution is 6.31. The summed E-state index contributed by atoms with van der Waals surface area (Å²) in [5.41, 5.74) is 1.26. The predicted octanol–water partition coefficient (Wildman–Crippen LogP) is 3.38. The van der Waals surface area contributed by atoms with Gasteiger partial charge in [-0.25, -0.2) is 4.39 Å². The van der Waals surface area contributed by atoms with Crippen LogP contribution in [0, 0.1) is 5.82 Å². The topological polar surface area (TPSA) is 40.7 Å². The summed E-state index contributed by atoms with van der Waals surface area (Å²) in [6.45, 7) is 1.84. The molecule has 0 amide bonds. The van der Waals surface area contributed by atoms with Gasteiger partial charge < -0.3 is 5.32 Å². The lowest BCUT2D eigenvalue weighted by molar-refractivity contribution is 0.600. The maximum absolute atomic E-state index is 13.6. The Morgan fingerprint density at radius 1 is 1.50 bits per heavy atom. The van der Waals surface area contributed by atoms with Gasteiger partial charge in [-0.05, 0) is 19.1 Å². The standard InChI is InChI=1S/C11H11ClFN3/c1-7(16-8-5-14-15-6-8)11-9(12)3-2-4-10(11)13/h2-7,16H,1H3,(H,14,15)/t7-/m0/s1. The lowest BCUT2D eigenvalue weighted by atomic mass is 10.1. The first kappa shape index (κ1) is 11.0. The van der Waals surface area contributed by atoms with Crippen molar-refractivity contribution < 1.29 is 4.39 Å². The maximum atomic E-state index is 13.6. The molecule has 1 atom stereocenters. The second-order valence-corrected chi connectivity index (χ2v) is 3.90. The molecule has 0 unspecified atom stereocenters. The molecular formula is C11H11ClFN3. The van der Waals surface area contributed by atoms with Gasteiger partial charge in [-0.2, -0.15) is 5.10 Å². The second kappa shape index (κ2) is 4.53. The number of benzene rings is 1. The molecule has 0 aliphatic carbocycles. The molecular weight excluding hydrogens is 229 g/mol. The molecule has 1 aromatic heterocycles. The molecule has 0 aliphatic rings. The number of hydrogen-bond donors (Lipinski definition) is 2. The minimum atomic E-state index is -0.309. The van der Waals surface area contributed by atoms with Crippen molar-refractivity contribution in [1.29, 1.82) is 0 Å². The van der Waals surface area contributed by atoms with E-state index >= 15 is 0 Å². The number of halogens is 2. The van der Waals surface area contributed by atoms with Crippen LogP contribution in [0.4, 0.5) is 10.1 Å². The van der Waals surface area contributed by atoms with Crippen molar-refractivity contribution in [2.24, 2.45) is 0 Å². The summed E-state index contributed by atoms with van der Waals surface area (Å²) >= 11 is 5.96. The molecule has 16 heavy (non-hydrogen) atoms. The van der Waals surface area contributed by atoms with Gasteiger partial charge in [0.15, 0.2) is 0 Å². The second-order valence-electron chi connectivity index (χ2n) is 3.49. The van der Waals surface area contributed by atoms with E-state index in [1.54, 1.807) is 24.5 Å². The Labute approximate surface area is 97.6 Å². The molecule has 1 aromatic carbocycles. The molecule has 0 saturated carbocycles. The Bertz CT molecular complexity index is 450. The summed E-state index contributed by atoms with van der Waals surface area (Å²) in [7, 11) is 0. The Hall–Kier alpha value is -1.55. The molecule has 84 valence electrons. The first-order chi connectivity index (χ1) is 7.68. The zero-order valence-electron chi connectivity index (χ0n) is 8.67. The molecule has 0 saturated heterocycles. The summed E-state index contributed by atoms with van der Waals surface area (Å²) in [6.07, 6.45) is 3.33. The third-order valence-electron chi connectivity index (χ3n) is 2.31. The molecule has 0 aliphatic heterocycles. The maximum Gasteiger partial charge on any atom is 0.129 e. The molecule has 2 aromatic rings. The highest BCUT2D eigenvalue weighted by Gasteiger charge is 2.14. The molecule has 0 radical (unpaired) electrons. The fraction of sp³-hybridized carbons (Fsp3) is 0.182. The van der Waals surface area contributed by atoms with Crippen molar-refractivity contribution in [3.8, 4) is 0 Å². The van der Waals surface area contributed by atoms with E-state index in [0.29, 0.717) is 10.6 Å². The van der Waals surface area contributed by atoms with E-state index in [-0.39, 0.29) is 11.9 Å². The van der Waals surface area contributed by atoms with Gasteiger partial charge in [-0.3, -0.25) is 5.10 Å². The molecule has 0 fully saturated rings. The van der Waals surface area contributed by atoms with Crippen molar-refractivity contribution in [2.45, 2.75) is 13.0 Å². The molecule has 0 spiro atoms. The van der Waals surface area contributed by atoms with Crippen LogP contribution < -0.4 is 5.32 Å². The Morgan fingerprint density at radius 2 is 2.31 bits per heavy atom. The number of rotatable bonds is 3. The zero-order chi connectivity index (χ0) is 11.5. The quantitative estimate of drug-likeness (QED) is 0.862. The third-order valence-corrected chi connectivity index (χ3v) is 2.64. The summed E-state index contributed by atoms with van der Waals surface area (Å²) in [5.74, 6) is -0.309. The van der Waals surface area contributed by atoms with Gasteiger partial charge in [0.1, 0.15) is 5.82 Å². The number of H-pyrrole nitrogens is 1. The number of nitrogens with zero attached hydrogens (tertiary/aromatic N) is 1. The lowest BCUT2D eigenvalue weighted by Crippen LogP contribution is -2.08. The minimum absolute atomic E-state index is 0.216.